The molecule has 0 bridgehead atoms. The van der Waals surface area contributed by atoms with Gasteiger partial charge in [-0.1, -0.05) is 66.7 Å². The molecule has 0 radical (unpaired) electrons. The van der Waals surface area contributed by atoms with Crippen LogP contribution in [0, 0.1) is 19.7 Å². The Morgan fingerprint density at radius 3 is 1.52 bits per heavy atom. The number of aromatic nitrogens is 1. The second-order valence-corrected chi connectivity index (χ2v) is 6.74. The number of hydrogen-bond acceptors (Lipinski definition) is 1. The molecule has 0 unspecified atom stereocenters. The Morgan fingerprint density at radius 1 is 0.593 bits per heavy atom. The van der Waals surface area contributed by atoms with Gasteiger partial charge in [0.25, 0.3) is 0 Å². The zero-order valence-electron chi connectivity index (χ0n) is 15.4. The van der Waals surface area contributed by atoms with Gasteiger partial charge in [0.1, 0.15) is 5.82 Å². The number of pyridine rings is 1. The van der Waals surface area contributed by atoms with Crippen LogP contribution in [0.4, 0.5) is 4.39 Å². The lowest BCUT2D eigenvalue weighted by molar-refractivity contribution is 0.631. The molecule has 1 aromatic heterocycles. The van der Waals surface area contributed by atoms with Gasteiger partial charge < -0.3 is 0 Å². The first-order chi connectivity index (χ1) is 13.1. The molecule has 0 saturated heterocycles. The summed E-state index contributed by atoms with van der Waals surface area (Å²) in [5.74, 6) is -0.227. The number of rotatable bonds is 3. The second kappa shape index (κ2) is 7.16. The van der Waals surface area contributed by atoms with Crippen molar-refractivity contribution in [3.63, 3.8) is 0 Å². The Hall–Kier alpha value is -3.26. The molecule has 0 aliphatic carbocycles. The number of aryl methyl sites for hydroxylation is 2. The Morgan fingerprint density at radius 2 is 1.04 bits per heavy atom. The van der Waals surface area contributed by atoms with E-state index in [1.54, 1.807) is 6.07 Å². The summed E-state index contributed by atoms with van der Waals surface area (Å²) in [6, 6.07) is 27.1. The van der Waals surface area contributed by atoms with Gasteiger partial charge in [-0.2, -0.15) is 0 Å². The molecule has 0 fully saturated rings. The minimum Gasteiger partial charge on any atom is -0.248 e. The first-order valence-corrected chi connectivity index (χ1v) is 9.02. The molecule has 4 aromatic rings. The first-order valence-electron chi connectivity index (χ1n) is 9.02. The van der Waals surface area contributed by atoms with Crippen LogP contribution in [-0.4, -0.2) is 4.98 Å². The highest BCUT2D eigenvalue weighted by Gasteiger charge is 2.13. The van der Waals surface area contributed by atoms with Gasteiger partial charge in [-0.25, -0.2) is 9.37 Å². The molecule has 4 rings (SSSR count). The average molecular weight is 353 g/mol. The molecule has 27 heavy (non-hydrogen) atoms. The first kappa shape index (κ1) is 17.2. The van der Waals surface area contributed by atoms with Gasteiger partial charge in [-0.15, -0.1) is 0 Å². The zero-order chi connectivity index (χ0) is 18.8. The monoisotopic (exact) mass is 353 g/mol. The van der Waals surface area contributed by atoms with E-state index in [4.69, 9.17) is 4.98 Å². The third-order valence-electron chi connectivity index (χ3n) is 4.85. The van der Waals surface area contributed by atoms with Crippen molar-refractivity contribution in [2.75, 3.05) is 0 Å². The Balaban J connectivity index is 1.99. The van der Waals surface area contributed by atoms with Crippen molar-refractivity contribution < 1.29 is 4.39 Å². The molecular weight excluding hydrogens is 333 g/mol. The lowest BCUT2D eigenvalue weighted by atomic mass is 9.97. The van der Waals surface area contributed by atoms with E-state index >= 15 is 0 Å². The summed E-state index contributed by atoms with van der Waals surface area (Å²) in [5.41, 5.74) is 7.54. The maximum atomic E-state index is 14.5. The molecule has 0 atom stereocenters. The molecule has 1 heterocycles. The molecule has 0 aliphatic rings. The fraction of sp³-hybridized carbons (Fsp3) is 0.0800. The van der Waals surface area contributed by atoms with Crippen molar-refractivity contribution in [3.05, 3.63) is 102 Å². The van der Waals surface area contributed by atoms with Gasteiger partial charge in [0.05, 0.1) is 11.4 Å². The Labute approximate surface area is 159 Å². The van der Waals surface area contributed by atoms with Crippen molar-refractivity contribution in [1.82, 2.24) is 4.98 Å². The maximum Gasteiger partial charge on any atom is 0.131 e. The maximum absolute atomic E-state index is 14.5. The van der Waals surface area contributed by atoms with Crippen LogP contribution in [0.15, 0.2) is 84.9 Å². The molecule has 0 spiro atoms. The molecule has 3 aromatic carbocycles. The summed E-state index contributed by atoms with van der Waals surface area (Å²) in [5, 5.41) is 0. The van der Waals surface area contributed by atoms with Crippen molar-refractivity contribution in [1.29, 1.82) is 0 Å². The van der Waals surface area contributed by atoms with E-state index in [0.717, 1.165) is 39.2 Å². The molecule has 0 amide bonds. The van der Waals surface area contributed by atoms with E-state index in [-0.39, 0.29) is 5.82 Å². The minimum atomic E-state index is -0.227. The quantitative estimate of drug-likeness (QED) is 0.393. The van der Waals surface area contributed by atoms with Gasteiger partial charge in [-0.3, -0.25) is 0 Å². The standard InChI is InChI=1S/C25H20FN/c1-17-9-3-5-11-20(17)24-15-19(22-13-7-8-14-23(22)26)16-25(27-24)21-12-6-4-10-18(21)2/h3-16H,1-2H3. The van der Waals surface area contributed by atoms with E-state index in [0.29, 0.717) is 5.56 Å². The molecule has 2 heteroatoms. The van der Waals surface area contributed by atoms with E-state index in [1.165, 1.54) is 6.07 Å². The summed E-state index contributed by atoms with van der Waals surface area (Å²) in [6.45, 7) is 4.14. The SMILES string of the molecule is Cc1ccccc1-c1cc(-c2ccccc2F)cc(-c2ccccc2C)n1. The molecule has 132 valence electrons. The number of hydrogen-bond donors (Lipinski definition) is 0. The summed E-state index contributed by atoms with van der Waals surface area (Å²) in [6.07, 6.45) is 0. The fourth-order valence-corrected chi connectivity index (χ4v) is 3.38. The Bertz CT molecular complexity index is 961. The van der Waals surface area contributed by atoms with Crippen molar-refractivity contribution in [2.24, 2.45) is 0 Å². The van der Waals surface area contributed by atoms with E-state index in [2.05, 4.69) is 38.1 Å². The predicted molar refractivity (Wildman–Crippen MR) is 110 cm³/mol. The van der Waals surface area contributed by atoms with Gasteiger partial charge in [0.2, 0.25) is 0 Å². The van der Waals surface area contributed by atoms with Crippen LogP contribution in [0.1, 0.15) is 11.1 Å². The lowest BCUT2D eigenvalue weighted by Crippen LogP contribution is -1.95. The smallest absolute Gasteiger partial charge is 0.131 e. The zero-order valence-corrected chi connectivity index (χ0v) is 15.4. The third kappa shape index (κ3) is 3.39. The highest BCUT2D eigenvalue weighted by molar-refractivity contribution is 5.78. The topological polar surface area (TPSA) is 12.9 Å². The van der Waals surface area contributed by atoms with Crippen LogP contribution >= 0.6 is 0 Å². The minimum absolute atomic E-state index is 0.227. The summed E-state index contributed by atoms with van der Waals surface area (Å²) in [4.78, 5) is 4.93. The molecule has 1 nitrogen and oxygen atoms in total. The van der Waals surface area contributed by atoms with E-state index < -0.39 is 0 Å². The van der Waals surface area contributed by atoms with Crippen LogP contribution in [0.2, 0.25) is 0 Å². The number of benzene rings is 3. The van der Waals surface area contributed by atoms with Gasteiger partial charge in [-0.05, 0) is 48.7 Å². The summed E-state index contributed by atoms with van der Waals surface area (Å²) >= 11 is 0. The van der Waals surface area contributed by atoms with Crippen LogP contribution < -0.4 is 0 Å². The Kier molecular flexibility index (Phi) is 4.55. The summed E-state index contributed by atoms with van der Waals surface area (Å²) in [7, 11) is 0. The average Bonchev–Trinajstić information content (AvgIpc) is 2.69. The van der Waals surface area contributed by atoms with E-state index in [1.807, 2.05) is 48.5 Å². The third-order valence-corrected chi connectivity index (χ3v) is 4.85. The number of nitrogens with zero attached hydrogens (tertiary/aromatic N) is 1. The molecule has 0 saturated carbocycles. The molecular formula is C25H20FN. The lowest BCUT2D eigenvalue weighted by Gasteiger charge is -2.13. The fourth-order valence-electron chi connectivity index (χ4n) is 3.38. The van der Waals surface area contributed by atoms with Crippen LogP contribution in [0.3, 0.4) is 0 Å². The largest absolute Gasteiger partial charge is 0.248 e. The summed E-state index contributed by atoms with van der Waals surface area (Å²) < 4.78 is 14.5. The van der Waals surface area contributed by atoms with E-state index in [9.17, 15) is 4.39 Å². The van der Waals surface area contributed by atoms with Crippen molar-refractivity contribution in [2.45, 2.75) is 13.8 Å². The van der Waals surface area contributed by atoms with Gasteiger partial charge in [0, 0.05) is 16.7 Å². The predicted octanol–water partition coefficient (Wildman–Crippen LogP) is 6.84. The highest BCUT2D eigenvalue weighted by atomic mass is 19.1. The molecule has 0 aliphatic heterocycles. The number of halogens is 1. The van der Waals surface area contributed by atoms with Crippen LogP contribution in [0.5, 0.6) is 0 Å². The van der Waals surface area contributed by atoms with Crippen molar-refractivity contribution in [3.8, 4) is 33.6 Å². The highest BCUT2D eigenvalue weighted by Crippen LogP contribution is 2.33. The van der Waals surface area contributed by atoms with Gasteiger partial charge in [0.15, 0.2) is 0 Å². The second-order valence-electron chi connectivity index (χ2n) is 6.74. The van der Waals surface area contributed by atoms with Gasteiger partial charge >= 0.3 is 0 Å². The van der Waals surface area contributed by atoms with Crippen LogP contribution in [-0.2, 0) is 0 Å². The normalized spacial score (nSPS) is 10.8. The molecule has 0 N–H and O–H groups in total. The van der Waals surface area contributed by atoms with Crippen molar-refractivity contribution >= 4 is 0 Å². The van der Waals surface area contributed by atoms with Crippen LogP contribution in [0.25, 0.3) is 33.6 Å².